The van der Waals surface area contributed by atoms with Gasteiger partial charge in [-0.25, -0.2) is 8.42 Å². The molecule has 194 valence electrons. The topological polar surface area (TPSA) is 119 Å². The predicted octanol–water partition coefficient (Wildman–Crippen LogP) is 1.47. The van der Waals surface area contributed by atoms with Crippen molar-refractivity contribution in [3.63, 3.8) is 0 Å². The Morgan fingerprint density at radius 3 is 2.45 bits per heavy atom. The third-order valence-corrected chi connectivity index (χ3v) is 9.86. The Balaban J connectivity index is 0.00000336. The molecule has 0 saturated carbocycles. The average Bonchev–Trinajstić information content (AvgIpc) is 3.36. The number of thioether (sulfide) groups is 1. The second-order valence-corrected chi connectivity index (χ2v) is 13.9. The molecule has 4 aromatic rings. The maximum atomic E-state index is 11.3. The first-order chi connectivity index (χ1) is 17.6. The molecule has 0 fully saturated rings. The van der Waals surface area contributed by atoms with E-state index in [1.54, 1.807) is 23.1 Å². The normalized spacial score (nSPS) is 14.8. The summed E-state index contributed by atoms with van der Waals surface area (Å²) in [6.07, 6.45) is 2.47. The molecular weight excluding hydrogens is 576 g/mol. The molecular formula is C25H24N2NaO6S4+. The summed E-state index contributed by atoms with van der Waals surface area (Å²) >= 11 is 3.15. The maximum Gasteiger partial charge on any atom is 1.00 e. The molecule has 1 aliphatic heterocycles. The Kier molecular flexibility index (Phi) is 9.28. The summed E-state index contributed by atoms with van der Waals surface area (Å²) in [5.41, 5.74) is 1.95. The maximum absolute atomic E-state index is 11.3. The molecule has 8 nitrogen and oxygen atoms in total. The Hall–Kier alpha value is -1.48. The van der Waals surface area contributed by atoms with Gasteiger partial charge in [0.05, 0.1) is 38.0 Å². The number of aromatic nitrogens is 1. The zero-order valence-corrected chi connectivity index (χ0v) is 25.9. The van der Waals surface area contributed by atoms with E-state index < -0.39 is 26.0 Å². The molecule has 0 saturated heterocycles. The number of benzene rings is 3. The van der Waals surface area contributed by atoms with Crippen molar-refractivity contribution in [2.45, 2.75) is 24.3 Å². The van der Waals surface area contributed by atoms with Gasteiger partial charge >= 0.3 is 29.6 Å². The second kappa shape index (κ2) is 11.9. The molecule has 0 amide bonds. The van der Waals surface area contributed by atoms with E-state index in [9.17, 15) is 25.9 Å². The molecule has 1 aliphatic rings. The van der Waals surface area contributed by atoms with Gasteiger partial charge in [-0.3, -0.25) is 4.55 Å². The van der Waals surface area contributed by atoms with Crippen LogP contribution in [0.3, 0.4) is 0 Å². The Labute approximate surface area is 252 Å². The van der Waals surface area contributed by atoms with Crippen LogP contribution in [0.4, 0.5) is 5.69 Å². The molecule has 13 heteroatoms. The molecule has 0 aliphatic carbocycles. The summed E-state index contributed by atoms with van der Waals surface area (Å²) in [6.45, 7) is 0.757. The Morgan fingerprint density at radius 2 is 1.68 bits per heavy atom. The summed E-state index contributed by atoms with van der Waals surface area (Å²) in [4.78, 5) is 3.08. The first-order valence-corrected chi connectivity index (χ1v) is 16.4. The first kappa shape index (κ1) is 29.5. The molecule has 3 aromatic carbocycles. The smallest absolute Gasteiger partial charge is 0.748 e. The third kappa shape index (κ3) is 6.80. The molecule has 38 heavy (non-hydrogen) atoms. The second-order valence-electron chi connectivity index (χ2n) is 8.68. The molecule has 0 atom stereocenters. The van der Waals surface area contributed by atoms with Crippen molar-refractivity contribution < 1.29 is 60.1 Å². The van der Waals surface area contributed by atoms with Crippen molar-refractivity contribution in [3.05, 3.63) is 70.7 Å². The van der Waals surface area contributed by atoms with E-state index in [0.717, 1.165) is 41.6 Å². The van der Waals surface area contributed by atoms with Gasteiger partial charge in [-0.1, -0.05) is 59.5 Å². The van der Waals surface area contributed by atoms with Gasteiger partial charge in [-0.2, -0.15) is 13.0 Å². The fourth-order valence-electron chi connectivity index (χ4n) is 4.50. The van der Waals surface area contributed by atoms with Crippen LogP contribution in [0.15, 0.2) is 70.6 Å². The minimum atomic E-state index is -4.33. The molecule has 0 unspecified atom stereocenters. The van der Waals surface area contributed by atoms with Crippen LogP contribution in [-0.4, -0.2) is 44.0 Å². The van der Waals surface area contributed by atoms with Crippen LogP contribution in [0.2, 0.25) is 0 Å². The first-order valence-electron chi connectivity index (χ1n) is 11.6. The number of fused-ring (bicyclic) bond motifs is 4. The minimum absolute atomic E-state index is 0. The quantitative estimate of drug-likeness (QED) is 0.175. The monoisotopic (exact) mass is 599 g/mol. The summed E-state index contributed by atoms with van der Waals surface area (Å²) < 4.78 is 68.8. The fourth-order valence-corrected chi connectivity index (χ4v) is 7.82. The Bertz CT molecular complexity index is 1740. The van der Waals surface area contributed by atoms with Gasteiger partial charge in [0, 0.05) is 23.6 Å². The molecule has 0 spiro atoms. The number of para-hydroxylation sites is 1. The van der Waals surface area contributed by atoms with Crippen LogP contribution in [0.25, 0.3) is 27.1 Å². The van der Waals surface area contributed by atoms with Crippen LogP contribution in [0.1, 0.15) is 17.8 Å². The van der Waals surface area contributed by atoms with Gasteiger partial charge in [-0.05, 0) is 36.1 Å². The van der Waals surface area contributed by atoms with Crippen molar-refractivity contribution >= 4 is 76.1 Å². The average molecular weight is 600 g/mol. The fraction of sp³-hybridized carbons (Fsp3) is 0.240. The van der Waals surface area contributed by atoms with E-state index in [2.05, 4.69) is 10.6 Å². The van der Waals surface area contributed by atoms with Crippen molar-refractivity contribution in [2.75, 3.05) is 23.0 Å². The number of hydrogen-bond acceptors (Lipinski definition) is 8. The van der Waals surface area contributed by atoms with E-state index in [4.69, 9.17) is 0 Å². The summed E-state index contributed by atoms with van der Waals surface area (Å²) in [7, 11) is -8.40. The number of rotatable bonds is 9. The minimum Gasteiger partial charge on any atom is -0.748 e. The standard InChI is InChI=1S/C25H24N2O6S4.Na/c28-36(29,30)15-5-13-26-20-9-3-4-10-21(20)34-23(26)17-24-27(14-6-16-37(31,32)33)25-19-8-2-1-7-18(19)11-12-22(25)35-24;/h1-4,7-12,17H,5-6,13-16H2,(H-,28,29,30,31,32,33);/q;+1. The number of nitrogens with zero attached hydrogens (tertiary/aromatic N) is 2. The number of aryl methyl sites for hydroxylation is 1. The van der Waals surface area contributed by atoms with E-state index in [1.807, 2.05) is 65.6 Å². The van der Waals surface area contributed by atoms with Gasteiger partial charge in [0.1, 0.15) is 4.70 Å². The summed E-state index contributed by atoms with van der Waals surface area (Å²) in [5, 5.41) is 3.90. The molecule has 1 N–H and O–H groups in total. The van der Waals surface area contributed by atoms with Crippen molar-refractivity contribution in [3.8, 4) is 0 Å². The van der Waals surface area contributed by atoms with Crippen LogP contribution in [0.5, 0.6) is 0 Å². The van der Waals surface area contributed by atoms with Crippen LogP contribution >= 0.6 is 23.1 Å². The van der Waals surface area contributed by atoms with Crippen molar-refractivity contribution in [2.24, 2.45) is 0 Å². The van der Waals surface area contributed by atoms with Gasteiger partial charge in [0.25, 0.3) is 15.1 Å². The third-order valence-electron chi connectivity index (χ3n) is 6.06. The van der Waals surface area contributed by atoms with Gasteiger partial charge < -0.3 is 9.45 Å². The van der Waals surface area contributed by atoms with Crippen LogP contribution in [-0.2, 0) is 26.8 Å². The van der Waals surface area contributed by atoms with Crippen LogP contribution in [0, 0.1) is 0 Å². The molecule has 5 rings (SSSR count). The summed E-state index contributed by atoms with van der Waals surface area (Å²) in [6, 6.07) is 19.9. The largest absolute Gasteiger partial charge is 1.00 e. The van der Waals surface area contributed by atoms with Crippen molar-refractivity contribution in [1.29, 1.82) is 0 Å². The Morgan fingerprint density at radius 1 is 0.947 bits per heavy atom. The van der Waals surface area contributed by atoms with E-state index in [-0.39, 0.29) is 48.2 Å². The molecule has 0 radical (unpaired) electrons. The van der Waals surface area contributed by atoms with Gasteiger partial charge in [-0.15, -0.1) is 0 Å². The van der Waals surface area contributed by atoms with E-state index in [1.165, 1.54) is 0 Å². The number of thiazole rings is 1. The van der Waals surface area contributed by atoms with Crippen molar-refractivity contribution in [1.82, 2.24) is 0 Å². The van der Waals surface area contributed by atoms with Gasteiger partial charge in [0.15, 0.2) is 6.54 Å². The number of hydrogen-bond donors (Lipinski definition) is 1. The molecule has 1 aromatic heterocycles. The van der Waals surface area contributed by atoms with E-state index >= 15 is 0 Å². The summed E-state index contributed by atoms with van der Waals surface area (Å²) in [5.74, 6) is -0.776. The molecule has 2 heterocycles. The predicted molar refractivity (Wildman–Crippen MR) is 147 cm³/mol. The SMILES string of the molecule is O=S(=O)([O-])CCC[n+]1c(C=C2Sc3ccccc3N2CCCS(=O)(=O)O)sc2ccc3ccccc3c21.[Na+]. The van der Waals surface area contributed by atoms with E-state index in [0.29, 0.717) is 13.1 Å². The van der Waals surface area contributed by atoms with Crippen LogP contribution < -0.4 is 39.0 Å². The zero-order valence-electron chi connectivity index (χ0n) is 20.6. The molecule has 0 bridgehead atoms. The zero-order chi connectivity index (χ0) is 26.2. The number of anilines is 1. The van der Waals surface area contributed by atoms with Gasteiger partial charge in [0.2, 0.25) is 5.52 Å².